The fourth-order valence-corrected chi connectivity index (χ4v) is 2.22. The van der Waals surface area contributed by atoms with Gasteiger partial charge in [-0.2, -0.15) is 10.4 Å². The molecule has 0 radical (unpaired) electrons. The summed E-state index contributed by atoms with van der Waals surface area (Å²) in [6, 6.07) is 15.6. The van der Waals surface area contributed by atoms with Crippen LogP contribution in [0.1, 0.15) is 0 Å². The van der Waals surface area contributed by atoms with Crippen molar-refractivity contribution in [2.24, 2.45) is 10.8 Å². The molecule has 3 rings (SSSR count). The molecule has 0 aliphatic heterocycles. The van der Waals surface area contributed by atoms with Crippen molar-refractivity contribution < 1.29 is 0 Å². The third-order valence-corrected chi connectivity index (χ3v) is 3.19. The highest BCUT2D eigenvalue weighted by molar-refractivity contribution is 6.45. The zero-order valence-electron chi connectivity index (χ0n) is 11.0. The van der Waals surface area contributed by atoms with Crippen molar-refractivity contribution in [1.29, 1.82) is 10.7 Å². The quantitative estimate of drug-likeness (QED) is 0.388. The summed E-state index contributed by atoms with van der Waals surface area (Å²) in [5.41, 5.74) is 10.8. The first-order valence-electron chi connectivity index (χ1n) is 6.27. The highest BCUT2D eigenvalue weighted by Crippen LogP contribution is 2.25. The second-order valence-corrected chi connectivity index (χ2v) is 4.47. The van der Waals surface area contributed by atoms with Gasteiger partial charge in [-0.25, -0.2) is 0 Å². The Morgan fingerprint density at radius 3 is 2.86 bits per heavy atom. The Balaban J connectivity index is 2.11. The van der Waals surface area contributed by atoms with Gasteiger partial charge in [-0.15, -0.1) is 0 Å². The maximum absolute atomic E-state index is 8.86. The van der Waals surface area contributed by atoms with Crippen molar-refractivity contribution in [3.8, 4) is 6.07 Å². The number of benzene rings is 1. The topological polar surface area (TPSA) is 102 Å². The van der Waals surface area contributed by atoms with Crippen LogP contribution in [-0.2, 0) is 0 Å². The summed E-state index contributed by atoms with van der Waals surface area (Å²) in [6.07, 6.45) is 1.99. The van der Waals surface area contributed by atoms with Crippen molar-refractivity contribution in [3.63, 3.8) is 0 Å². The van der Waals surface area contributed by atoms with E-state index >= 15 is 0 Å². The molecule has 6 heteroatoms. The van der Waals surface area contributed by atoms with E-state index in [0.29, 0.717) is 0 Å². The lowest BCUT2D eigenvalue weighted by atomic mass is 10.2. The summed E-state index contributed by atoms with van der Waals surface area (Å²) in [7, 11) is 0. The molecule has 4 N–H and O–H groups in total. The number of fused-ring (bicyclic) bond motifs is 3. The fourth-order valence-electron chi connectivity index (χ4n) is 2.22. The molecule has 0 saturated heterocycles. The predicted molar refractivity (Wildman–Crippen MR) is 83.5 cm³/mol. The van der Waals surface area contributed by atoms with Crippen LogP contribution in [-0.4, -0.2) is 15.9 Å². The normalized spacial score (nSPS) is 11.5. The van der Waals surface area contributed by atoms with Crippen molar-refractivity contribution in [1.82, 2.24) is 4.40 Å². The third kappa shape index (κ3) is 2.17. The SMILES string of the molecule is N#C/C(=N\Nc1cccc2c1ccc1cccn12)C(=N)N. The average Bonchev–Trinajstić information content (AvgIpc) is 2.96. The van der Waals surface area contributed by atoms with Crippen molar-refractivity contribution in [2.75, 3.05) is 5.43 Å². The van der Waals surface area contributed by atoms with Gasteiger partial charge in [-0.1, -0.05) is 6.07 Å². The van der Waals surface area contributed by atoms with Crippen LogP contribution in [0.3, 0.4) is 0 Å². The summed E-state index contributed by atoms with van der Waals surface area (Å²) in [5.74, 6) is -0.363. The number of nitriles is 1. The van der Waals surface area contributed by atoms with E-state index in [-0.39, 0.29) is 11.5 Å². The van der Waals surface area contributed by atoms with Gasteiger partial charge in [0.1, 0.15) is 6.07 Å². The molecule has 3 aromatic rings. The Morgan fingerprint density at radius 1 is 1.24 bits per heavy atom. The average molecular weight is 276 g/mol. The van der Waals surface area contributed by atoms with Crippen LogP contribution in [0.25, 0.3) is 16.4 Å². The maximum atomic E-state index is 8.86. The second-order valence-electron chi connectivity index (χ2n) is 4.47. The lowest BCUT2D eigenvalue weighted by Gasteiger charge is -2.08. The van der Waals surface area contributed by atoms with E-state index in [1.807, 2.05) is 48.7 Å². The molecule has 2 heterocycles. The van der Waals surface area contributed by atoms with Crippen LogP contribution >= 0.6 is 0 Å². The number of hydrogen-bond acceptors (Lipinski definition) is 4. The highest BCUT2D eigenvalue weighted by Gasteiger charge is 2.05. The summed E-state index contributed by atoms with van der Waals surface area (Å²) in [6.45, 7) is 0. The largest absolute Gasteiger partial charge is 0.382 e. The molecule has 1 aromatic carbocycles. The smallest absolute Gasteiger partial charge is 0.201 e. The Kier molecular flexibility index (Phi) is 3.01. The van der Waals surface area contributed by atoms with Crippen LogP contribution in [0.2, 0.25) is 0 Å². The molecule has 0 amide bonds. The first kappa shape index (κ1) is 12.7. The summed E-state index contributed by atoms with van der Waals surface area (Å²) < 4.78 is 2.07. The number of nitrogens with zero attached hydrogens (tertiary/aromatic N) is 3. The maximum Gasteiger partial charge on any atom is 0.201 e. The predicted octanol–water partition coefficient (Wildman–Crippen LogP) is 2.32. The van der Waals surface area contributed by atoms with Crippen LogP contribution in [0.15, 0.2) is 53.8 Å². The van der Waals surface area contributed by atoms with Crippen LogP contribution in [0.4, 0.5) is 5.69 Å². The number of nitrogens with one attached hydrogen (secondary N) is 2. The molecular weight excluding hydrogens is 264 g/mol. The van der Waals surface area contributed by atoms with Gasteiger partial charge in [-0.3, -0.25) is 10.8 Å². The lowest BCUT2D eigenvalue weighted by molar-refractivity contribution is 1.27. The molecule has 0 bridgehead atoms. The van der Waals surface area contributed by atoms with Gasteiger partial charge in [0.05, 0.1) is 11.2 Å². The molecule has 0 aliphatic carbocycles. The number of hydrogen-bond donors (Lipinski definition) is 3. The lowest BCUT2D eigenvalue weighted by Crippen LogP contribution is -2.21. The van der Waals surface area contributed by atoms with E-state index in [0.717, 1.165) is 22.1 Å². The molecule has 2 aromatic heterocycles. The van der Waals surface area contributed by atoms with Crippen LogP contribution in [0.5, 0.6) is 0 Å². The van der Waals surface area contributed by atoms with Crippen molar-refractivity contribution in [3.05, 3.63) is 48.7 Å². The molecule has 0 unspecified atom stereocenters. The molecule has 0 spiro atoms. The number of nitrogens with two attached hydrogens (primary N) is 1. The Morgan fingerprint density at radius 2 is 2.10 bits per heavy atom. The second kappa shape index (κ2) is 4.98. The zero-order chi connectivity index (χ0) is 14.8. The molecule has 21 heavy (non-hydrogen) atoms. The third-order valence-electron chi connectivity index (χ3n) is 3.19. The van der Waals surface area contributed by atoms with Gasteiger partial charge in [0, 0.05) is 17.1 Å². The van der Waals surface area contributed by atoms with E-state index in [4.69, 9.17) is 16.4 Å². The van der Waals surface area contributed by atoms with Gasteiger partial charge in [0.2, 0.25) is 5.71 Å². The number of aromatic nitrogens is 1. The Bertz CT molecular complexity index is 913. The van der Waals surface area contributed by atoms with Gasteiger partial charge in [-0.05, 0) is 36.4 Å². The van der Waals surface area contributed by atoms with E-state index in [2.05, 4.69) is 14.9 Å². The molecular formula is C15H12N6. The number of pyridine rings is 1. The molecule has 6 nitrogen and oxygen atoms in total. The summed E-state index contributed by atoms with van der Waals surface area (Å²) in [4.78, 5) is 0. The molecule has 0 fully saturated rings. The van der Waals surface area contributed by atoms with Gasteiger partial charge in [0.25, 0.3) is 0 Å². The molecule has 0 saturated carbocycles. The van der Waals surface area contributed by atoms with E-state index < -0.39 is 0 Å². The summed E-state index contributed by atoms with van der Waals surface area (Å²) in [5, 5.41) is 20.9. The van der Waals surface area contributed by atoms with Gasteiger partial charge >= 0.3 is 0 Å². The minimum atomic E-state index is -0.363. The van der Waals surface area contributed by atoms with Crippen molar-refractivity contribution in [2.45, 2.75) is 0 Å². The molecule has 102 valence electrons. The number of rotatable bonds is 3. The van der Waals surface area contributed by atoms with Gasteiger partial charge < -0.3 is 10.1 Å². The highest BCUT2D eigenvalue weighted by atomic mass is 15.3. The molecule has 0 aliphatic rings. The first-order valence-corrected chi connectivity index (χ1v) is 6.27. The Labute approximate surface area is 120 Å². The van der Waals surface area contributed by atoms with Crippen molar-refractivity contribution >= 4 is 33.7 Å². The van der Waals surface area contributed by atoms with E-state index in [1.54, 1.807) is 6.07 Å². The first-order chi connectivity index (χ1) is 10.2. The molecule has 0 atom stereocenters. The van der Waals surface area contributed by atoms with Crippen LogP contribution < -0.4 is 11.2 Å². The minimum Gasteiger partial charge on any atom is -0.382 e. The number of hydrazone groups is 1. The van der Waals surface area contributed by atoms with E-state index in [9.17, 15) is 0 Å². The van der Waals surface area contributed by atoms with Crippen LogP contribution in [0, 0.1) is 16.7 Å². The fraction of sp³-hybridized carbons (Fsp3) is 0. The number of amidine groups is 1. The summed E-state index contributed by atoms with van der Waals surface area (Å²) >= 11 is 0. The van der Waals surface area contributed by atoms with E-state index in [1.165, 1.54) is 0 Å². The zero-order valence-corrected chi connectivity index (χ0v) is 11.0. The van der Waals surface area contributed by atoms with Gasteiger partial charge in [0.15, 0.2) is 5.84 Å². The minimum absolute atomic E-state index is 0.144. The Hall–Kier alpha value is -3.33. The number of anilines is 1. The standard InChI is InChI=1S/C15H12N6/c16-9-13(15(17)18)20-19-12-4-1-5-14-11(12)7-6-10-3-2-8-21(10)14/h1-8,19H,(H3,17,18)/b20-13+. The monoisotopic (exact) mass is 276 g/mol.